The molecule has 0 saturated carbocycles. The van der Waals surface area contributed by atoms with Crippen LogP contribution in [0.3, 0.4) is 0 Å². The highest BCUT2D eigenvalue weighted by molar-refractivity contribution is 7.16. The maximum atomic E-state index is 12.0. The first-order chi connectivity index (χ1) is 9.69. The van der Waals surface area contributed by atoms with Crippen molar-refractivity contribution >= 4 is 22.2 Å². The maximum absolute atomic E-state index is 12.0. The number of nitrogens with one attached hydrogen (secondary N) is 1. The van der Waals surface area contributed by atoms with Gasteiger partial charge in [-0.1, -0.05) is 12.1 Å². The molecular formula is C14H13N3O2S. The van der Waals surface area contributed by atoms with Crippen molar-refractivity contribution in [2.24, 2.45) is 5.92 Å². The van der Waals surface area contributed by atoms with E-state index < -0.39 is 0 Å². The number of aromatic nitrogens is 1. The van der Waals surface area contributed by atoms with Gasteiger partial charge < -0.3 is 9.84 Å². The Morgan fingerprint density at radius 3 is 3.20 bits per heavy atom. The van der Waals surface area contributed by atoms with Gasteiger partial charge in [0.05, 0.1) is 11.8 Å². The quantitative estimate of drug-likeness (QED) is 0.921. The molecule has 1 unspecified atom stereocenters. The molecule has 6 heteroatoms. The zero-order valence-electron chi connectivity index (χ0n) is 11.0. The molecular weight excluding hydrogens is 274 g/mol. The number of carbonyl (C=O) groups is 1. The van der Waals surface area contributed by atoms with Crippen molar-refractivity contribution in [2.75, 3.05) is 5.32 Å². The SMILES string of the molecule is CC1CCc2c(sc(NC(=O)c3ccno3)c2C#N)C1. The number of fused-ring (bicyclic) bond motifs is 1. The summed E-state index contributed by atoms with van der Waals surface area (Å²) in [4.78, 5) is 13.2. The largest absolute Gasteiger partial charge is 0.351 e. The van der Waals surface area contributed by atoms with E-state index in [-0.39, 0.29) is 11.7 Å². The Bertz CT molecular complexity index is 682. The summed E-state index contributed by atoms with van der Waals surface area (Å²) in [5.41, 5.74) is 1.70. The molecule has 0 spiro atoms. The van der Waals surface area contributed by atoms with Gasteiger partial charge in [0.2, 0.25) is 5.76 Å². The Morgan fingerprint density at radius 1 is 1.65 bits per heavy atom. The van der Waals surface area contributed by atoms with Crippen LogP contribution < -0.4 is 5.32 Å². The number of thiophene rings is 1. The second-order valence-corrected chi connectivity index (χ2v) is 6.10. The molecule has 20 heavy (non-hydrogen) atoms. The molecule has 2 aromatic heterocycles. The molecule has 0 saturated heterocycles. The van der Waals surface area contributed by atoms with Crippen molar-refractivity contribution in [3.63, 3.8) is 0 Å². The molecule has 1 N–H and O–H groups in total. The van der Waals surface area contributed by atoms with E-state index in [9.17, 15) is 10.1 Å². The third-order valence-corrected chi connectivity index (χ3v) is 4.68. The van der Waals surface area contributed by atoms with Crippen LogP contribution in [0.25, 0.3) is 0 Å². The van der Waals surface area contributed by atoms with Crippen molar-refractivity contribution < 1.29 is 9.32 Å². The third kappa shape index (κ3) is 2.21. The van der Waals surface area contributed by atoms with E-state index in [0.717, 1.165) is 24.8 Å². The van der Waals surface area contributed by atoms with Crippen molar-refractivity contribution in [2.45, 2.75) is 26.2 Å². The van der Waals surface area contributed by atoms with E-state index in [2.05, 4.69) is 23.5 Å². The van der Waals surface area contributed by atoms with Gasteiger partial charge in [0.1, 0.15) is 11.1 Å². The number of hydrogen-bond donors (Lipinski definition) is 1. The van der Waals surface area contributed by atoms with Crippen LogP contribution in [0.1, 0.15) is 39.9 Å². The fourth-order valence-electron chi connectivity index (χ4n) is 2.45. The first kappa shape index (κ1) is 12.9. The third-order valence-electron chi connectivity index (χ3n) is 3.51. The molecule has 1 aliphatic rings. The maximum Gasteiger partial charge on any atom is 0.294 e. The fraction of sp³-hybridized carbons (Fsp3) is 0.357. The van der Waals surface area contributed by atoms with Gasteiger partial charge in [0.15, 0.2) is 0 Å². The summed E-state index contributed by atoms with van der Waals surface area (Å²) >= 11 is 1.50. The lowest BCUT2D eigenvalue weighted by atomic mass is 9.89. The predicted molar refractivity (Wildman–Crippen MR) is 74.7 cm³/mol. The zero-order chi connectivity index (χ0) is 14.1. The average Bonchev–Trinajstić information content (AvgIpc) is 3.04. The van der Waals surface area contributed by atoms with Crippen LogP contribution in [0, 0.1) is 17.2 Å². The van der Waals surface area contributed by atoms with Gasteiger partial charge in [0, 0.05) is 10.9 Å². The number of rotatable bonds is 2. The first-order valence-corrected chi connectivity index (χ1v) is 7.27. The second-order valence-electron chi connectivity index (χ2n) is 5.00. The Labute approximate surface area is 120 Å². The average molecular weight is 287 g/mol. The van der Waals surface area contributed by atoms with Gasteiger partial charge in [-0.3, -0.25) is 4.79 Å². The Kier molecular flexibility index (Phi) is 3.28. The van der Waals surface area contributed by atoms with Crippen LogP contribution in [0.2, 0.25) is 0 Å². The lowest BCUT2D eigenvalue weighted by Gasteiger charge is -2.17. The number of amides is 1. The topological polar surface area (TPSA) is 78.9 Å². The Balaban J connectivity index is 1.91. The van der Waals surface area contributed by atoms with Gasteiger partial charge in [-0.05, 0) is 30.7 Å². The van der Waals surface area contributed by atoms with Gasteiger partial charge in [-0.2, -0.15) is 5.26 Å². The van der Waals surface area contributed by atoms with Gasteiger partial charge >= 0.3 is 0 Å². The van der Waals surface area contributed by atoms with Crippen LogP contribution in [0.4, 0.5) is 5.00 Å². The number of carbonyl (C=O) groups excluding carboxylic acids is 1. The van der Waals surface area contributed by atoms with Gasteiger partial charge in [-0.15, -0.1) is 11.3 Å². The summed E-state index contributed by atoms with van der Waals surface area (Å²) in [5.74, 6) is 0.407. The van der Waals surface area contributed by atoms with Crippen LogP contribution in [-0.2, 0) is 12.8 Å². The molecule has 0 fully saturated rings. The highest BCUT2D eigenvalue weighted by atomic mass is 32.1. The molecule has 0 bridgehead atoms. The Morgan fingerprint density at radius 2 is 2.50 bits per heavy atom. The summed E-state index contributed by atoms with van der Waals surface area (Å²) in [5, 5.41) is 16.2. The van der Waals surface area contributed by atoms with E-state index in [1.165, 1.54) is 28.5 Å². The standard InChI is InChI=1S/C14H13N3O2S/c1-8-2-3-9-10(7-15)14(20-12(9)6-8)17-13(18)11-4-5-16-19-11/h4-5,8H,2-3,6H2,1H3,(H,17,18). The van der Waals surface area contributed by atoms with Crippen LogP contribution in [0.15, 0.2) is 16.8 Å². The molecule has 2 aromatic rings. The van der Waals surface area contributed by atoms with Crippen molar-refractivity contribution in [3.05, 3.63) is 34.0 Å². The minimum atomic E-state index is -0.370. The molecule has 0 radical (unpaired) electrons. The van der Waals surface area contributed by atoms with Crippen LogP contribution in [0.5, 0.6) is 0 Å². The molecule has 1 amide bonds. The summed E-state index contributed by atoms with van der Waals surface area (Å²) < 4.78 is 4.82. The molecule has 5 nitrogen and oxygen atoms in total. The minimum Gasteiger partial charge on any atom is -0.351 e. The summed E-state index contributed by atoms with van der Waals surface area (Å²) in [7, 11) is 0. The first-order valence-electron chi connectivity index (χ1n) is 6.45. The van der Waals surface area contributed by atoms with E-state index in [1.54, 1.807) is 0 Å². The van der Waals surface area contributed by atoms with Gasteiger partial charge in [-0.25, -0.2) is 0 Å². The molecule has 0 aromatic carbocycles. The highest BCUT2D eigenvalue weighted by Crippen LogP contribution is 2.39. The van der Waals surface area contributed by atoms with E-state index >= 15 is 0 Å². The molecule has 102 valence electrons. The van der Waals surface area contributed by atoms with E-state index in [1.807, 2.05) is 0 Å². The summed E-state index contributed by atoms with van der Waals surface area (Å²) in [6.45, 7) is 2.21. The molecule has 1 aliphatic carbocycles. The fourth-order valence-corrected chi connectivity index (χ4v) is 3.81. The zero-order valence-corrected chi connectivity index (χ0v) is 11.8. The highest BCUT2D eigenvalue weighted by Gasteiger charge is 2.25. The smallest absolute Gasteiger partial charge is 0.294 e. The van der Waals surface area contributed by atoms with Crippen molar-refractivity contribution in [1.29, 1.82) is 5.26 Å². The van der Waals surface area contributed by atoms with E-state index in [0.29, 0.717) is 16.5 Å². The van der Waals surface area contributed by atoms with Crippen molar-refractivity contribution in [3.8, 4) is 6.07 Å². The van der Waals surface area contributed by atoms with Crippen LogP contribution in [-0.4, -0.2) is 11.1 Å². The second kappa shape index (κ2) is 5.10. The summed E-state index contributed by atoms with van der Waals surface area (Å²) in [6.07, 6.45) is 4.40. The lowest BCUT2D eigenvalue weighted by molar-refractivity contribution is 0.0988. The number of nitrogens with zero attached hydrogens (tertiary/aromatic N) is 2. The number of hydrogen-bond acceptors (Lipinski definition) is 5. The minimum absolute atomic E-state index is 0.147. The molecule has 1 atom stereocenters. The normalized spacial score (nSPS) is 17.3. The van der Waals surface area contributed by atoms with Gasteiger partial charge in [0.25, 0.3) is 5.91 Å². The molecule has 0 aliphatic heterocycles. The summed E-state index contributed by atoms with van der Waals surface area (Å²) in [6, 6.07) is 3.72. The van der Waals surface area contributed by atoms with Crippen molar-refractivity contribution in [1.82, 2.24) is 5.16 Å². The predicted octanol–water partition coefficient (Wildman–Crippen LogP) is 2.98. The van der Waals surface area contributed by atoms with Crippen LogP contribution >= 0.6 is 11.3 Å². The lowest BCUT2D eigenvalue weighted by Crippen LogP contribution is -2.11. The number of anilines is 1. The Hall–Kier alpha value is -2.13. The molecule has 3 rings (SSSR count). The molecule has 2 heterocycles. The monoisotopic (exact) mass is 287 g/mol. The van der Waals surface area contributed by atoms with E-state index in [4.69, 9.17) is 4.52 Å². The number of nitriles is 1.